The van der Waals surface area contributed by atoms with Crippen LogP contribution in [0.4, 0.5) is 18.9 Å². The number of likely N-dealkylation sites (tertiary alicyclic amines) is 1. The van der Waals surface area contributed by atoms with E-state index in [1.54, 1.807) is 0 Å². The first-order valence-corrected chi connectivity index (χ1v) is 11.0. The molecule has 6 heteroatoms. The number of halogens is 3. The number of hydrogen-bond acceptors (Lipinski definition) is 2. The summed E-state index contributed by atoms with van der Waals surface area (Å²) in [7, 11) is 0. The van der Waals surface area contributed by atoms with Gasteiger partial charge in [0, 0.05) is 30.3 Å². The predicted molar refractivity (Wildman–Crippen MR) is 107 cm³/mol. The van der Waals surface area contributed by atoms with Crippen LogP contribution >= 0.6 is 0 Å². The van der Waals surface area contributed by atoms with Gasteiger partial charge in [-0.1, -0.05) is 25.7 Å². The van der Waals surface area contributed by atoms with Crippen LogP contribution in [0.3, 0.4) is 0 Å². The zero-order valence-electron chi connectivity index (χ0n) is 16.9. The number of hydrogen-bond donors (Lipinski definition) is 1. The van der Waals surface area contributed by atoms with Gasteiger partial charge in [0.25, 0.3) is 6.43 Å². The van der Waals surface area contributed by atoms with Gasteiger partial charge in [-0.25, -0.2) is 13.2 Å². The Morgan fingerprint density at radius 3 is 2.45 bits per heavy atom. The van der Waals surface area contributed by atoms with Crippen LogP contribution in [0.25, 0.3) is 0 Å². The van der Waals surface area contributed by atoms with E-state index in [0.717, 1.165) is 62.9 Å². The lowest BCUT2D eigenvalue weighted by atomic mass is 9.65. The molecule has 0 aromatic heterocycles. The molecule has 1 spiro atoms. The highest BCUT2D eigenvalue weighted by molar-refractivity contribution is 5.92. The Kier molecular flexibility index (Phi) is 6.19. The van der Waals surface area contributed by atoms with Crippen LogP contribution < -0.4 is 5.32 Å². The molecule has 1 aromatic carbocycles. The summed E-state index contributed by atoms with van der Waals surface area (Å²) in [6, 6.07) is 3.06. The predicted octanol–water partition coefficient (Wildman–Crippen LogP) is 5.77. The van der Waals surface area contributed by atoms with Gasteiger partial charge in [-0.2, -0.15) is 0 Å². The third-order valence-electron chi connectivity index (χ3n) is 7.30. The Labute approximate surface area is 171 Å². The lowest BCUT2D eigenvalue weighted by Crippen LogP contribution is -2.58. The molecule has 0 bridgehead atoms. The molecule has 4 rings (SSSR count). The molecule has 3 nitrogen and oxygen atoms in total. The highest BCUT2D eigenvalue weighted by atomic mass is 19.3. The second-order valence-corrected chi connectivity index (χ2v) is 9.49. The highest BCUT2D eigenvalue weighted by Crippen LogP contribution is 2.46. The molecule has 1 amide bonds. The second kappa shape index (κ2) is 8.66. The highest BCUT2D eigenvalue weighted by Gasteiger charge is 2.45. The third-order valence-corrected chi connectivity index (χ3v) is 7.30. The van der Waals surface area contributed by atoms with Crippen LogP contribution in [0.2, 0.25) is 0 Å². The van der Waals surface area contributed by atoms with Crippen molar-refractivity contribution in [2.24, 2.45) is 17.3 Å². The Hall–Kier alpha value is -1.56. The van der Waals surface area contributed by atoms with E-state index in [9.17, 15) is 18.0 Å². The number of carbonyl (C=O) groups excluding carboxylic acids is 1. The van der Waals surface area contributed by atoms with Crippen molar-refractivity contribution in [2.75, 3.05) is 25.0 Å². The van der Waals surface area contributed by atoms with Crippen LogP contribution in [0, 0.1) is 23.1 Å². The van der Waals surface area contributed by atoms with Gasteiger partial charge in [-0.3, -0.25) is 4.79 Å². The molecule has 3 aliphatic rings. The molecule has 0 unspecified atom stereocenters. The van der Waals surface area contributed by atoms with E-state index in [1.807, 2.05) is 0 Å². The van der Waals surface area contributed by atoms with E-state index in [-0.39, 0.29) is 17.5 Å². The van der Waals surface area contributed by atoms with E-state index in [4.69, 9.17) is 0 Å². The van der Waals surface area contributed by atoms with Crippen molar-refractivity contribution in [3.05, 3.63) is 29.6 Å². The first-order valence-electron chi connectivity index (χ1n) is 11.0. The van der Waals surface area contributed by atoms with Crippen molar-refractivity contribution in [1.82, 2.24) is 4.90 Å². The summed E-state index contributed by atoms with van der Waals surface area (Å²) in [6.07, 6.45) is 7.89. The summed E-state index contributed by atoms with van der Waals surface area (Å²) in [5.74, 6) is -0.123. The average Bonchev–Trinajstić information content (AvgIpc) is 3.18. The smallest absolute Gasteiger partial charge is 0.264 e. The molecule has 1 aliphatic heterocycles. The summed E-state index contributed by atoms with van der Waals surface area (Å²) >= 11 is 0. The van der Waals surface area contributed by atoms with Crippen molar-refractivity contribution in [3.8, 4) is 0 Å². The van der Waals surface area contributed by atoms with Crippen molar-refractivity contribution < 1.29 is 18.0 Å². The number of nitrogens with zero attached hydrogens (tertiary/aromatic N) is 1. The zero-order chi connectivity index (χ0) is 20.4. The largest absolute Gasteiger partial charge is 0.326 e. The molecule has 0 atom stereocenters. The summed E-state index contributed by atoms with van der Waals surface area (Å²) in [5, 5.41) is 2.65. The number of amides is 1. The van der Waals surface area contributed by atoms with E-state index < -0.39 is 17.8 Å². The fourth-order valence-electron chi connectivity index (χ4n) is 5.59. The molecular formula is C23H31F3N2O. The standard InChI is InChI=1S/C23H31F3N2O/c24-19-11-18(21(25)26)12-20(13-19)27-22(29)17-5-8-23(9-6-17)14-28(15-23)10-7-16-3-1-2-4-16/h11-13,16-17,21H,1-10,14-15H2,(H,27,29). The van der Waals surface area contributed by atoms with E-state index in [1.165, 1.54) is 38.6 Å². The maximum absolute atomic E-state index is 13.5. The Balaban J connectivity index is 1.22. The molecule has 2 saturated carbocycles. The van der Waals surface area contributed by atoms with E-state index in [2.05, 4.69) is 10.2 Å². The van der Waals surface area contributed by atoms with E-state index in [0.29, 0.717) is 5.41 Å². The molecule has 29 heavy (non-hydrogen) atoms. The summed E-state index contributed by atoms with van der Waals surface area (Å²) in [5.41, 5.74) is 0.0797. The van der Waals surface area contributed by atoms with Crippen LogP contribution in [0.5, 0.6) is 0 Å². The van der Waals surface area contributed by atoms with Gasteiger partial charge in [0.1, 0.15) is 5.82 Å². The molecule has 1 heterocycles. The molecule has 1 N–H and O–H groups in total. The normalized spacial score (nSPS) is 22.9. The van der Waals surface area contributed by atoms with Crippen molar-refractivity contribution in [1.29, 1.82) is 0 Å². The lowest BCUT2D eigenvalue weighted by molar-refractivity contribution is -0.123. The monoisotopic (exact) mass is 408 g/mol. The minimum Gasteiger partial charge on any atom is -0.326 e. The summed E-state index contributed by atoms with van der Waals surface area (Å²) < 4.78 is 39.2. The molecule has 1 aromatic rings. The zero-order valence-corrected chi connectivity index (χ0v) is 16.9. The van der Waals surface area contributed by atoms with Crippen LogP contribution in [0.15, 0.2) is 18.2 Å². The van der Waals surface area contributed by atoms with Gasteiger partial charge < -0.3 is 10.2 Å². The Morgan fingerprint density at radius 1 is 1.10 bits per heavy atom. The summed E-state index contributed by atoms with van der Waals surface area (Å²) in [6.45, 7) is 3.51. The summed E-state index contributed by atoms with van der Waals surface area (Å²) in [4.78, 5) is 15.1. The van der Waals surface area contributed by atoms with Crippen LogP contribution in [-0.4, -0.2) is 30.4 Å². The number of rotatable bonds is 6. The molecule has 160 valence electrons. The number of alkyl halides is 2. The van der Waals surface area contributed by atoms with Gasteiger partial charge in [-0.15, -0.1) is 0 Å². The maximum Gasteiger partial charge on any atom is 0.264 e. The molecule has 2 aliphatic carbocycles. The minimum absolute atomic E-state index is 0.118. The minimum atomic E-state index is -2.76. The van der Waals surface area contributed by atoms with Crippen LogP contribution in [-0.2, 0) is 4.79 Å². The SMILES string of the molecule is O=C(Nc1cc(F)cc(C(F)F)c1)C1CCC2(CC1)CN(CCC1CCCC1)C2. The van der Waals surface area contributed by atoms with E-state index >= 15 is 0 Å². The lowest BCUT2D eigenvalue weighted by Gasteiger charge is -2.53. The fraction of sp³-hybridized carbons (Fsp3) is 0.696. The van der Waals surface area contributed by atoms with Crippen LogP contribution in [0.1, 0.15) is 69.8 Å². The molecule has 3 fully saturated rings. The molecular weight excluding hydrogens is 377 g/mol. The van der Waals surface area contributed by atoms with Crippen molar-refractivity contribution in [3.63, 3.8) is 0 Å². The number of anilines is 1. The second-order valence-electron chi connectivity index (χ2n) is 9.49. The number of benzene rings is 1. The van der Waals surface area contributed by atoms with Gasteiger partial charge in [-0.05, 0) is 68.2 Å². The quantitative estimate of drug-likeness (QED) is 0.648. The van der Waals surface area contributed by atoms with Crippen molar-refractivity contribution >= 4 is 11.6 Å². The molecule has 1 saturated heterocycles. The number of nitrogens with one attached hydrogen (secondary N) is 1. The fourth-order valence-corrected chi connectivity index (χ4v) is 5.59. The first-order chi connectivity index (χ1) is 13.9. The number of carbonyl (C=O) groups is 1. The average molecular weight is 409 g/mol. The first kappa shape index (κ1) is 20.7. The third kappa shape index (κ3) is 4.96. The Bertz CT molecular complexity index is 717. The topological polar surface area (TPSA) is 32.3 Å². The van der Waals surface area contributed by atoms with Gasteiger partial charge in [0.15, 0.2) is 0 Å². The molecule has 0 radical (unpaired) electrons. The van der Waals surface area contributed by atoms with Gasteiger partial charge in [0.05, 0.1) is 0 Å². The van der Waals surface area contributed by atoms with Crippen molar-refractivity contribution in [2.45, 2.75) is 64.2 Å². The van der Waals surface area contributed by atoms with Gasteiger partial charge >= 0.3 is 0 Å². The Morgan fingerprint density at radius 2 is 1.79 bits per heavy atom. The van der Waals surface area contributed by atoms with Gasteiger partial charge in [0.2, 0.25) is 5.91 Å². The maximum atomic E-state index is 13.5.